The lowest BCUT2D eigenvalue weighted by Gasteiger charge is -2.01. The number of hydrogen-bond acceptors (Lipinski definition) is 7. The van der Waals surface area contributed by atoms with E-state index in [2.05, 4.69) is 20.5 Å². The second-order valence-corrected chi connectivity index (χ2v) is 5.25. The number of benzene rings is 1. The van der Waals surface area contributed by atoms with Crippen molar-refractivity contribution in [2.24, 2.45) is 5.10 Å². The molecule has 0 unspecified atom stereocenters. The highest BCUT2D eigenvalue weighted by molar-refractivity contribution is 7.14. The Kier molecular flexibility index (Phi) is 3.97. The van der Waals surface area contributed by atoms with Gasteiger partial charge in [0.1, 0.15) is 11.5 Å². The van der Waals surface area contributed by atoms with E-state index >= 15 is 0 Å². The smallest absolute Gasteiger partial charge is 0.203 e. The zero-order valence-electron chi connectivity index (χ0n) is 11.3. The zero-order valence-corrected chi connectivity index (χ0v) is 12.2. The van der Waals surface area contributed by atoms with Crippen LogP contribution in [0.3, 0.4) is 0 Å². The molecule has 1 aromatic carbocycles. The summed E-state index contributed by atoms with van der Waals surface area (Å²) in [4.78, 5) is 8.33. The number of nitrogens with one attached hydrogen (secondary N) is 1. The molecule has 0 aliphatic rings. The van der Waals surface area contributed by atoms with Gasteiger partial charge in [0.25, 0.3) is 0 Å². The van der Waals surface area contributed by atoms with Gasteiger partial charge in [-0.25, -0.2) is 4.98 Å². The number of rotatable bonds is 4. The Morgan fingerprint density at radius 1 is 1.23 bits per heavy atom. The molecular weight excluding hydrogens is 300 g/mol. The summed E-state index contributed by atoms with van der Waals surface area (Å²) in [6.45, 7) is 0. The molecule has 0 saturated heterocycles. The van der Waals surface area contributed by atoms with Crippen molar-refractivity contribution in [2.75, 3.05) is 5.43 Å². The molecule has 0 saturated carbocycles. The van der Waals surface area contributed by atoms with Crippen LogP contribution in [0.2, 0.25) is 0 Å². The van der Waals surface area contributed by atoms with Crippen molar-refractivity contribution >= 4 is 22.7 Å². The van der Waals surface area contributed by atoms with Crippen LogP contribution in [0.25, 0.3) is 11.3 Å². The lowest BCUT2D eigenvalue weighted by Crippen LogP contribution is -1.90. The number of phenols is 2. The maximum Gasteiger partial charge on any atom is 0.203 e. The van der Waals surface area contributed by atoms with Gasteiger partial charge in [-0.3, -0.25) is 10.4 Å². The van der Waals surface area contributed by atoms with E-state index in [0.29, 0.717) is 16.4 Å². The minimum atomic E-state index is -0.0179. The molecule has 0 bridgehead atoms. The van der Waals surface area contributed by atoms with E-state index < -0.39 is 0 Å². The number of pyridine rings is 1. The number of hydrogen-bond donors (Lipinski definition) is 3. The van der Waals surface area contributed by atoms with Crippen molar-refractivity contribution < 1.29 is 10.2 Å². The molecule has 0 amide bonds. The summed E-state index contributed by atoms with van der Waals surface area (Å²) in [6.07, 6.45) is 5.04. The second-order valence-electron chi connectivity index (χ2n) is 4.40. The molecule has 6 nitrogen and oxygen atoms in total. The number of hydrazone groups is 1. The van der Waals surface area contributed by atoms with E-state index in [1.807, 2.05) is 12.1 Å². The van der Waals surface area contributed by atoms with Crippen LogP contribution >= 0.6 is 11.3 Å². The van der Waals surface area contributed by atoms with Gasteiger partial charge < -0.3 is 10.2 Å². The summed E-state index contributed by atoms with van der Waals surface area (Å²) in [5.41, 5.74) is 4.88. The average molecular weight is 312 g/mol. The minimum absolute atomic E-state index is 0.0101. The van der Waals surface area contributed by atoms with Crippen LogP contribution < -0.4 is 5.43 Å². The molecule has 3 N–H and O–H groups in total. The van der Waals surface area contributed by atoms with E-state index in [1.54, 1.807) is 30.1 Å². The molecule has 2 heterocycles. The van der Waals surface area contributed by atoms with E-state index in [4.69, 9.17) is 0 Å². The second kappa shape index (κ2) is 6.23. The van der Waals surface area contributed by atoms with Gasteiger partial charge >= 0.3 is 0 Å². The highest BCUT2D eigenvalue weighted by Crippen LogP contribution is 2.33. The van der Waals surface area contributed by atoms with Crippen molar-refractivity contribution in [1.82, 2.24) is 9.97 Å². The van der Waals surface area contributed by atoms with Crippen LogP contribution in [-0.2, 0) is 0 Å². The Hall–Kier alpha value is -2.93. The van der Waals surface area contributed by atoms with Crippen LogP contribution in [0.4, 0.5) is 5.13 Å². The van der Waals surface area contributed by atoms with Gasteiger partial charge in [0.15, 0.2) is 0 Å². The molecule has 0 fully saturated rings. The Bertz CT molecular complexity index is 802. The third-order valence-electron chi connectivity index (χ3n) is 2.82. The maximum atomic E-state index is 9.83. The van der Waals surface area contributed by atoms with Gasteiger partial charge in [-0.05, 0) is 18.2 Å². The average Bonchev–Trinajstić information content (AvgIpc) is 2.97. The molecule has 110 valence electrons. The topological polar surface area (TPSA) is 90.6 Å². The molecule has 0 radical (unpaired) electrons. The quantitative estimate of drug-likeness (QED) is 0.509. The molecule has 3 aromatic rings. The first-order chi connectivity index (χ1) is 10.7. The van der Waals surface area contributed by atoms with Crippen LogP contribution in [0, 0.1) is 0 Å². The Morgan fingerprint density at radius 2 is 2.14 bits per heavy atom. The molecule has 0 aliphatic heterocycles. The number of phenolic OH excluding ortho intramolecular Hbond substituents is 2. The largest absolute Gasteiger partial charge is 0.508 e. The maximum absolute atomic E-state index is 9.83. The molecular formula is C15H12N4O2S. The van der Waals surface area contributed by atoms with Crippen LogP contribution in [0.5, 0.6) is 11.5 Å². The molecule has 3 rings (SSSR count). The fourth-order valence-electron chi connectivity index (χ4n) is 1.80. The number of aromatic nitrogens is 2. The molecule has 0 atom stereocenters. The first kappa shape index (κ1) is 14.0. The number of nitrogens with zero attached hydrogens (tertiary/aromatic N) is 3. The molecule has 0 spiro atoms. The van der Waals surface area contributed by atoms with Gasteiger partial charge in [0, 0.05) is 35.0 Å². The van der Waals surface area contributed by atoms with Gasteiger partial charge in [0.05, 0.1) is 11.9 Å². The predicted octanol–water partition coefficient (Wildman–Crippen LogP) is 3.06. The Morgan fingerprint density at radius 3 is 2.91 bits per heavy atom. The van der Waals surface area contributed by atoms with Crippen LogP contribution in [-0.4, -0.2) is 26.4 Å². The van der Waals surface area contributed by atoms with E-state index in [0.717, 1.165) is 5.56 Å². The third-order valence-corrected chi connectivity index (χ3v) is 3.57. The highest BCUT2D eigenvalue weighted by atomic mass is 32.1. The van der Waals surface area contributed by atoms with Gasteiger partial charge in [-0.15, -0.1) is 11.3 Å². The van der Waals surface area contributed by atoms with Crippen molar-refractivity contribution in [2.45, 2.75) is 0 Å². The molecule has 7 heteroatoms. The molecule has 2 aromatic heterocycles. The van der Waals surface area contributed by atoms with E-state index in [1.165, 1.54) is 23.5 Å². The summed E-state index contributed by atoms with van der Waals surface area (Å²) in [6, 6.07) is 8.11. The standard InChI is InChI=1S/C15H12N4O2S/c20-11-3-4-12(14(21)6-11)13-9-22-15(18-13)19-17-8-10-2-1-5-16-7-10/h1-9,20-21H,(H,18,19)/b17-8-. The van der Waals surface area contributed by atoms with Crippen molar-refractivity contribution in [1.29, 1.82) is 0 Å². The third kappa shape index (κ3) is 3.21. The lowest BCUT2D eigenvalue weighted by atomic mass is 10.1. The van der Waals surface area contributed by atoms with E-state index in [9.17, 15) is 10.2 Å². The SMILES string of the molecule is Oc1ccc(-c2csc(N/N=C\c3cccnc3)n2)c(O)c1. The predicted molar refractivity (Wildman–Crippen MR) is 86.3 cm³/mol. The first-order valence-corrected chi connectivity index (χ1v) is 7.27. The lowest BCUT2D eigenvalue weighted by molar-refractivity contribution is 0.452. The number of aromatic hydroxyl groups is 2. The van der Waals surface area contributed by atoms with Crippen LogP contribution in [0.15, 0.2) is 53.2 Å². The zero-order chi connectivity index (χ0) is 15.4. The van der Waals surface area contributed by atoms with Gasteiger partial charge in [0.2, 0.25) is 5.13 Å². The summed E-state index contributed by atoms with van der Waals surface area (Å²) >= 11 is 1.37. The monoisotopic (exact) mass is 312 g/mol. The molecule has 0 aliphatic carbocycles. The van der Waals surface area contributed by atoms with Crippen LogP contribution in [0.1, 0.15) is 5.56 Å². The first-order valence-electron chi connectivity index (χ1n) is 6.39. The molecule has 22 heavy (non-hydrogen) atoms. The van der Waals surface area contributed by atoms with E-state index in [-0.39, 0.29) is 11.5 Å². The highest BCUT2D eigenvalue weighted by Gasteiger charge is 2.09. The summed E-state index contributed by atoms with van der Waals surface area (Å²) < 4.78 is 0. The fraction of sp³-hybridized carbons (Fsp3) is 0. The number of thiazole rings is 1. The Labute approximate surface area is 130 Å². The van der Waals surface area contributed by atoms with Crippen molar-refractivity contribution in [3.05, 3.63) is 53.7 Å². The minimum Gasteiger partial charge on any atom is -0.508 e. The van der Waals surface area contributed by atoms with Gasteiger partial charge in [-0.1, -0.05) is 6.07 Å². The summed E-state index contributed by atoms with van der Waals surface area (Å²) in [7, 11) is 0. The Balaban J connectivity index is 1.73. The summed E-state index contributed by atoms with van der Waals surface area (Å²) in [5, 5.41) is 25.6. The summed E-state index contributed by atoms with van der Waals surface area (Å²) in [5.74, 6) is -0.00777. The number of anilines is 1. The van der Waals surface area contributed by atoms with Crippen molar-refractivity contribution in [3.63, 3.8) is 0 Å². The van der Waals surface area contributed by atoms with Gasteiger partial charge in [-0.2, -0.15) is 5.10 Å². The normalized spacial score (nSPS) is 10.9. The fourth-order valence-corrected chi connectivity index (χ4v) is 2.46. The van der Waals surface area contributed by atoms with Crippen molar-refractivity contribution in [3.8, 4) is 22.8 Å².